The summed E-state index contributed by atoms with van der Waals surface area (Å²) in [6.45, 7) is 11.3. The summed E-state index contributed by atoms with van der Waals surface area (Å²) < 4.78 is 42.7. The molecule has 0 aromatic heterocycles. The molecule has 5 atom stereocenters. The van der Waals surface area contributed by atoms with Crippen molar-refractivity contribution in [2.75, 3.05) is 13.2 Å². The van der Waals surface area contributed by atoms with Gasteiger partial charge < -0.3 is 38.5 Å². The first-order valence-corrected chi connectivity index (χ1v) is 16.3. The van der Waals surface area contributed by atoms with Crippen molar-refractivity contribution >= 4 is 12.1 Å². The van der Waals surface area contributed by atoms with Gasteiger partial charge in [0.15, 0.2) is 12.3 Å². The van der Waals surface area contributed by atoms with Crippen molar-refractivity contribution in [2.24, 2.45) is 0 Å². The molecule has 1 N–H and O–H groups in total. The van der Waals surface area contributed by atoms with E-state index in [-0.39, 0.29) is 19.8 Å². The van der Waals surface area contributed by atoms with E-state index < -0.39 is 53.9 Å². The molecular weight excluding hydrogens is 614 g/mol. The summed E-state index contributed by atoms with van der Waals surface area (Å²) >= 11 is 0. The van der Waals surface area contributed by atoms with Gasteiger partial charge in [0, 0.05) is 0 Å². The number of rotatable bonds is 15. The molecule has 0 radical (unpaired) electrons. The second kappa shape index (κ2) is 17.6. The van der Waals surface area contributed by atoms with Crippen molar-refractivity contribution in [3.63, 3.8) is 0 Å². The second-order valence-corrected chi connectivity index (χ2v) is 13.6. The highest BCUT2D eigenvalue weighted by Crippen LogP contribution is 2.30. The Hall–Kier alpha value is -3.80. The van der Waals surface area contributed by atoms with Crippen LogP contribution in [0.4, 0.5) is 4.79 Å². The van der Waals surface area contributed by atoms with Gasteiger partial charge in [-0.1, -0.05) is 91.0 Å². The Morgan fingerprint density at radius 2 is 1.15 bits per heavy atom. The molecule has 10 heteroatoms. The Kier molecular flexibility index (Phi) is 13.5. The molecule has 0 saturated carbocycles. The SMILES string of the molecule is CC(C)(C)OC(=O)N[C@@H](CO[C@H]1O[C@H](COCc2ccccc2)[C@@H](OCc2ccccc2)[C@H]1OCc1ccccc1)C(=O)OC(C)(C)C. The van der Waals surface area contributed by atoms with Crippen molar-refractivity contribution in [3.05, 3.63) is 108 Å². The summed E-state index contributed by atoms with van der Waals surface area (Å²) in [5.41, 5.74) is 1.40. The van der Waals surface area contributed by atoms with Gasteiger partial charge in [0.05, 0.1) is 33.0 Å². The maximum Gasteiger partial charge on any atom is 0.408 e. The Bertz CT molecular complexity index is 1390. The van der Waals surface area contributed by atoms with E-state index in [4.69, 9.17) is 33.2 Å². The monoisotopic (exact) mass is 663 g/mol. The lowest BCUT2D eigenvalue weighted by Crippen LogP contribution is -2.49. The number of hydrogen-bond acceptors (Lipinski definition) is 9. The number of ether oxygens (including phenoxy) is 7. The predicted molar refractivity (Wildman–Crippen MR) is 180 cm³/mol. The molecular formula is C38H49NO9. The minimum Gasteiger partial charge on any atom is -0.458 e. The first kappa shape index (κ1) is 37.0. The third kappa shape index (κ3) is 12.7. The number of carbonyl (C=O) groups excluding carboxylic acids is 2. The average Bonchev–Trinajstić information content (AvgIpc) is 3.36. The van der Waals surface area contributed by atoms with Gasteiger partial charge in [0.2, 0.25) is 0 Å². The van der Waals surface area contributed by atoms with E-state index in [9.17, 15) is 9.59 Å². The lowest BCUT2D eigenvalue weighted by Gasteiger charge is -2.28. The van der Waals surface area contributed by atoms with Crippen molar-refractivity contribution < 1.29 is 42.7 Å². The van der Waals surface area contributed by atoms with Crippen molar-refractivity contribution in [2.45, 2.75) is 103 Å². The van der Waals surface area contributed by atoms with E-state index in [0.717, 1.165) is 16.7 Å². The standard InChI is InChI=1S/C38H49NO9/c1-37(2,3)47-34(40)30(39-36(41)48-38(4,5)6)25-45-35-33(44-24-29-20-14-9-15-21-29)32(43-23-28-18-12-8-13-19-28)31(46-35)26-42-22-27-16-10-7-11-17-27/h7-21,30-33,35H,22-26H2,1-6H3,(H,39,41)/t30-,31+,32+,33+,35-/m0/s1. The zero-order chi connectivity index (χ0) is 34.6. The van der Waals surface area contributed by atoms with Crippen molar-refractivity contribution in [1.82, 2.24) is 5.32 Å². The van der Waals surface area contributed by atoms with Gasteiger partial charge in [-0.25, -0.2) is 9.59 Å². The highest BCUT2D eigenvalue weighted by atomic mass is 16.7. The molecule has 48 heavy (non-hydrogen) atoms. The van der Waals surface area contributed by atoms with Crippen LogP contribution in [0.1, 0.15) is 58.2 Å². The van der Waals surface area contributed by atoms with Crippen LogP contribution in [-0.4, -0.2) is 67.1 Å². The Balaban J connectivity index is 1.55. The summed E-state index contributed by atoms with van der Waals surface area (Å²) in [6.07, 6.45) is -3.61. The van der Waals surface area contributed by atoms with E-state index in [2.05, 4.69) is 5.32 Å². The summed E-state index contributed by atoms with van der Waals surface area (Å²) in [4.78, 5) is 26.0. The average molecular weight is 664 g/mol. The van der Waals surface area contributed by atoms with Crippen LogP contribution in [0.2, 0.25) is 0 Å². The molecule has 3 aromatic carbocycles. The van der Waals surface area contributed by atoms with Crippen LogP contribution in [0.15, 0.2) is 91.0 Å². The quantitative estimate of drug-likeness (QED) is 0.186. The van der Waals surface area contributed by atoms with E-state index in [1.165, 1.54) is 0 Å². The van der Waals surface area contributed by atoms with Gasteiger partial charge in [-0.2, -0.15) is 0 Å². The van der Waals surface area contributed by atoms with Gasteiger partial charge in [0.25, 0.3) is 0 Å². The number of hydrogen-bond donors (Lipinski definition) is 1. The van der Waals surface area contributed by atoms with Crippen LogP contribution >= 0.6 is 0 Å². The van der Waals surface area contributed by atoms with Crippen LogP contribution in [0, 0.1) is 0 Å². The fourth-order valence-electron chi connectivity index (χ4n) is 4.92. The lowest BCUT2D eigenvalue weighted by molar-refractivity contribution is -0.192. The first-order valence-electron chi connectivity index (χ1n) is 16.3. The van der Waals surface area contributed by atoms with Crippen LogP contribution in [0.25, 0.3) is 0 Å². The minimum absolute atomic E-state index is 0.199. The summed E-state index contributed by atoms with van der Waals surface area (Å²) in [7, 11) is 0. The molecule has 3 aromatic rings. The molecule has 4 rings (SSSR count). The topological polar surface area (TPSA) is 111 Å². The van der Waals surface area contributed by atoms with E-state index in [1.54, 1.807) is 41.5 Å². The van der Waals surface area contributed by atoms with Gasteiger partial charge in [-0.05, 0) is 58.2 Å². The number of amides is 1. The number of nitrogens with one attached hydrogen (secondary N) is 1. The molecule has 0 aliphatic carbocycles. The maximum atomic E-state index is 13.2. The van der Waals surface area contributed by atoms with Gasteiger partial charge in [-0.3, -0.25) is 0 Å². The molecule has 1 amide bonds. The zero-order valence-electron chi connectivity index (χ0n) is 28.8. The van der Waals surface area contributed by atoms with E-state index in [0.29, 0.717) is 13.2 Å². The van der Waals surface area contributed by atoms with E-state index >= 15 is 0 Å². The predicted octanol–water partition coefficient (Wildman–Crippen LogP) is 6.35. The number of esters is 1. The number of carbonyl (C=O) groups is 2. The third-order valence-electron chi connectivity index (χ3n) is 7.04. The fraction of sp³-hybridized carbons (Fsp3) is 0.474. The van der Waals surface area contributed by atoms with Crippen LogP contribution < -0.4 is 5.32 Å². The molecule has 10 nitrogen and oxygen atoms in total. The summed E-state index contributed by atoms with van der Waals surface area (Å²) in [5.74, 6) is -0.673. The normalized spacial score (nSPS) is 20.2. The largest absolute Gasteiger partial charge is 0.458 e. The van der Waals surface area contributed by atoms with Crippen LogP contribution in [0.5, 0.6) is 0 Å². The van der Waals surface area contributed by atoms with Gasteiger partial charge >= 0.3 is 12.1 Å². The summed E-state index contributed by atoms with van der Waals surface area (Å²) in [6, 6.07) is 28.2. The maximum absolute atomic E-state index is 13.2. The molecule has 260 valence electrons. The summed E-state index contributed by atoms with van der Waals surface area (Å²) in [5, 5.41) is 2.60. The Morgan fingerprint density at radius 1 is 0.667 bits per heavy atom. The molecule has 1 fully saturated rings. The first-order chi connectivity index (χ1) is 22.9. The molecule has 1 aliphatic heterocycles. The lowest BCUT2D eigenvalue weighted by atomic mass is 10.1. The minimum atomic E-state index is -1.19. The molecule has 0 bridgehead atoms. The van der Waals surface area contributed by atoms with Crippen molar-refractivity contribution in [1.29, 1.82) is 0 Å². The highest BCUT2D eigenvalue weighted by Gasteiger charge is 2.48. The molecule has 1 saturated heterocycles. The fourth-order valence-corrected chi connectivity index (χ4v) is 4.92. The van der Waals surface area contributed by atoms with Gasteiger partial charge in [-0.15, -0.1) is 0 Å². The van der Waals surface area contributed by atoms with Crippen molar-refractivity contribution in [3.8, 4) is 0 Å². The molecule has 0 unspecified atom stereocenters. The van der Waals surface area contributed by atoms with Crippen LogP contribution in [-0.2, 0) is 57.8 Å². The van der Waals surface area contributed by atoms with Crippen LogP contribution in [0.3, 0.4) is 0 Å². The Labute approximate surface area is 284 Å². The van der Waals surface area contributed by atoms with E-state index in [1.807, 2.05) is 91.0 Å². The molecule has 1 heterocycles. The molecule has 0 spiro atoms. The third-order valence-corrected chi connectivity index (χ3v) is 7.04. The zero-order valence-corrected chi connectivity index (χ0v) is 28.8. The Morgan fingerprint density at radius 3 is 1.65 bits per heavy atom. The smallest absolute Gasteiger partial charge is 0.408 e. The molecule has 1 aliphatic rings. The van der Waals surface area contributed by atoms with Gasteiger partial charge in [0.1, 0.15) is 29.5 Å². The second-order valence-electron chi connectivity index (χ2n) is 13.6. The number of alkyl carbamates (subject to hydrolysis) is 1. The highest BCUT2D eigenvalue weighted by molar-refractivity contribution is 5.81. The number of benzene rings is 3.